The number of aromatic nitrogens is 2. The molecule has 0 unspecified atom stereocenters. The van der Waals surface area contributed by atoms with E-state index < -0.39 is 0 Å². The van der Waals surface area contributed by atoms with E-state index in [1.807, 2.05) is 6.92 Å². The van der Waals surface area contributed by atoms with Gasteiger partial charge in [0.15, 0.2) is 0 Å². The Labute approximate surface area is 130 Å². The number of thiocarbonyl (C=S) groups is 1. The Morgan fingerprint density at radius 1 is 1.48 bits per heavy atom. The van der Waals surface area contributed by atoms with E-state index in [0.29, 0.717) is 22.5 Å². The fraction of sp³-hybridized carbons (Fsp3) is 0.571. The molecule has 2 rings (SSSR count). The zero-order valence-electron chi connectivity index (χ0n) is 12.4. The van der Waals surface area contributed by atoms with Gasteiger partial charge in [-0.3, -0.25) is 4.79 Å². The summed E-state index contributed by atoms with van der Waals surface area (Å²) in [6.07, 6.45) is 2.03. The molecule has 21 heavy (non-hydrogen) atoms. The predicted molar refractivity (Wildman–Crippen MR) is 86.3 cm³/mol. The third-order valence-electron chi connectivity index (χ3n) is 3.63. The molecule has 1 aliphatic rings. The smallest absolute Gasteiger partial charge is 0.226 e. The minimum Gasteiger partial charge on any atom is -0.388 e. The van der Waals surface area contributed by atoms with Gasteiger partial charge in [0.2, 0.25) is 11.9 Å². The molecule has 7 heteroatoms. The van der Waals surface area contributed by atoms with Gasteiger partial charge >= 0.3 is 0 Å². The fourth-order valence-electron chi connectivity index (χ4n) is 2.45. The van der Waals surface area contributed by atoms with E-state index in [2.05, 4.69) is 20.2 Å². The molecule has 6 nitrogen and oxygen atoms in total. The molecule has 0 saturated carbocycles. The van der Waals surface area contributed by atoms with Gasteiger partial charge in [-0.1, -0.05) is 12.2 Å². The van der Waals surface area contributed by atoms with Crippen LogP contribution in [-0.4, -0.2) is 40.5 Å². The number of aryl methyl sites for hydroxylation is 1. The number of nitrogens with two attached hydrogens (primary N) is 1. The van der Waals surface area contributed by atoms with E-state index in [1.165, 1.54) is 0 Å². The molecule has 114 valence electrons. The van der Waals surface area contributed by atoms with Crippen LogP contribution >= 0.6 is 12.2 Å². The predicted octanol–water partition coefficient (Wildman–Crippen LogP) is 0.772. The highest BCUT2D eigenvalue weighted by atomic mass is 32.1. The van der Waals surface area contributed by atoms with Gasteiger partial charge in [0, 0.05) is 32.3 Å². The van der Waals surface area contributed by atoms with Crippen molar-refractivity contribution in [2.75, 3.05) is 24.5 Å². The molecule has 1 amide bonds. The Morgan fingerprint density at radius 2 is 2.14 bits per heavy atom. The zero-order valence-corrected chi connectivity index (χ0v) is 13.2. The lowest BCUT2D eigenvalue weighted by Crippen LogP contribution is -2.39. The average Bonchev–Trinajstić information content (AvgIpc) is 2.45. The van der Waals surface area contributed by atoms with Crippen molar-refractivity contribution in [3.8, 4) is 0 Å². The summed E-state index contributed by atoms with van der Waals surface area (Å²) in [4.78, 5) is 22.3. The summed E-state index contributed by atoms with van der Waals surface area (Å²) in [6.45, 7) is 5.97. The SMILES string of the molecule is CC(=O)NCC1CCN(c2nc(C)cc(C(N)=S)n2)CC1. The van der Waals surface area contributed by atoms with Gasteiger partial charge in [-0.2, -0.15) is 0 Å². The van der Waals surface area contributed by atoms with E-state index in [1.54, 1.807) is 13.0 Å². The molecular weight excluding hydrogens is 286 g/mol. The number of rotatable bonds is 4. The Bertz CT molecular complexity index is 540. The van der Waals surface area contributed by atoms with Crippen molar-refractivity contribution >= 4 is 29.1 Å². The van der Waals surface area contributed by atoms with E-state index in [9.17, 15) is 4.79 Å². The summed E-state index contributed by atoms with van der Waals surface area (Å²) in [7, 11) is 0. The van der Waals surface area contributed by atoms with Gasteiger partial charge in [-0.25, -0.2) is 9.97 Å². The third-order valence-corrected chi connectivity index (χ3v) is 3.84. The molecule has 1 aliphatic heterocycles. The van der Waals surface area contributed by atoms with Crippen LogP contribution in [0, 0.1) is 12.8 Å². The molecule has 0 atom stereocenters. The largest absolute Gasteiger partial charge is 0.388 e. The van der Waals surface area contributed by atoms with Crippen LogP contribution in [0.25, 0.3) is 0 Å². The Kier molecular flexibility index (Phi) is 5.06. The standard InChI is InChI=1S/C14H21N5OS/c1-9-7-12(13(15)21)18-14(17-9)19-5-3-11(4-6-19)8-16-10(2)20/h7,11H,3-6,8H2,1-2H3,(H2,15,21)(H,16,20). The zero-order chi connectivity index (χ0) is 15.4. The summed E-state index contributed by atoms with van der Waals surface area (Å²) < 4.78 is 0. The molecule has 1 saturated heterocycles. The van der Waals surface area contributed by atoms with Crippen LogP contribution in [0.1, 0.15) is 31.2 Å². The second kappa shape index (κ2) is 6.80. The van der Waals surface area contributed by atoms with Crippen LogP contribution in [0.15, 0.2) is 6.07 Å². The molecule has 1 fully saturated rings. The van der Waals surface area contributed by atoms with Crippen molar-refractivity contribution in [3.05, 3.63) is 17.5 Å². The van der Waals surface area contributed by atoms with Crippen LogP contribution in [-0.2, 0) is 4.79 Å². The first-order valence-electron chi connectivity index (χ1n) is 7.10. The Balaban J connectivity index is 1.99. The third kappa shape index (κ3) is 4.35. The minimum atomic E-state index is 0.0283. The summed E-state index contributed by atoms with van der Waals surface area (Å²) >= 11 is 4.99. The lowest BCUT2D eigenvalue weighted by molar-refractivity contribution is -0.119. The monoisotopic (exact) mass is 307 g/mol. The molecule has 0 radical (unpaired) electrons. The summed E-state index contributed by atoms with van der Waals surface area (Å²) in [5, 5.41) is 2.88. The first-order valence-corrected chi connectivity index (χ1v) is 7.51. The average molecular weight is 307 g/mol. The number of carbonyl (C=O) groups is 1. The lowest BCUT2D eigenvalue weighted by Gasteiger charge is -2.32. The van der Waals surface area contributed by atoms with Crippen molar-refractivity contribution in [2.45, 2.75) is 26.7 Å². The van der Waals surface area contributed by atoms with Crippen LogP contribution in [0.3, 0.4) is 0 Å². The number of hydrogen-bond donors (Lipinski definition) is 2. The molecule has 2 heterocycles. The highest BCUT2D eigenvalue weighted by Crippen LogP contribution is 2.20. The summed E-state index contributed by atoms with van der Waals surface area (Å²) in [5.41, 5.74) is 7.14. The number of nitrogens with one attached hydrogen (secondary N) is 1. The molecule has 0 spiro atoms. The first kappa shape index (κ1) is 15.6. The van der Waals surface area contributed by atoms with Gasteiger partial charge in [0.05, 0.1) is 0 Å². The molecule has 1 aromatic heterocycles. The number of nitrogens with zero attached hydrogens (tertiary/aromatic N) is 3. The Morgan fingerprint density at radius 3 is 2.71 bits per heavy atom. The van der Waals surface area contributed by atoms with Gasteiger partial charge in [-0.05, 0) is 31.7 Å². The van der Waals surface area contributed by atoms with Crippen molar-refractivity contribution in [2.24, 2.45) is 11.7 Å². The lowest BCUT2D eigenvalue weighted by atomic mass is 9.97. The van der Waals surface area contributed by atoms with Gasteiger partial charge in [0.1, 0.15) is 10.7 Å². The maximum Gasteiger partial charge on any atom is 0.226 e. The first-order chi connectivity index (χ1) is 9.95. The maximum atomic E-state index is 10.9. The molecule has 0 aliphatic carbocycles. The van der Waals surface area contributed by atoms with Crippen LogP contribution in [0.4, 0.5) is 5.95 Å². The second-order valence-corrected chi connectivity index (χ2v) is 5.87. The highest BCUT2D eigenvalue weighted by Gasteiger charge is 2.21. The van der Waals surface area contributed by atoms with E-state index >= 15 is 0 Å². The quantitative estimate of drug-likeness (QED) is 0.800. The van der Waals surface area contributed by atoms with Crippen molar-refractivity contribution < 1.29 is 4.79 Å². The maximum absolute atomic E-state index is 10.9. The number of carbonyl (C=O) groups excluding carboxylic acids is 1. The molecule has 3 N–H and O–H groups in total. The Hall–Kier alpha value is -1.76. The van der Waals surface area contributed by atoms with Crippen LogP contribution < -0.4 is 16.0 Å². The second-order valence-electron chi connectivity index (χ2n) is 5.43. The van der Waals surface area contributed by atoms with Crippen molar-refractivity contribution in [3.63, 3.8) is 0 Å². The number of amides is 1. The number of anilines is 1. The normalized spacial score (nSPS) is 15.8. The van der Waals surface area contributed by atoms with E-state index in [-0.39, 0.29) is 5.91 Å². The van der Waals surface area contributed by atoms with Crippen LogP contribution in [0.2, 0.25) is 0 Å². The summed E-state index contributed by atoms with van der Waals surface area (Å²) in [6, 6.07) is 1.80. The van der Waals surface area contributed by atoms with Crippen molar-refractivity contribution in [1.29, 1.82) is 0 Å². The van der Waals surface area contributed by atoms with Gasteiger partial charge in [0.25, 0.3) is 0 Å². The van der Waals surface area contributed by atoms with Gasteiger partial charge in [-0.15, -0.1) is 0 Å². The van der Waals surface area contributed by atoms with Crippen molar-refractivity contribution in [1.82, 2.24) is 15.3 Å². The minimum absolute atomic E-state index is 0.0283. The fourth-order valence-corrected chi connectivity index (χ4v) is 2.55. The van der Waals surface area contributed by atoms with E-state index in [4.69, 9.17) is 18.0 Å². The topological polar surface area (TPSA) is 84.1 Å². The highest BCUT2D eigenvalue weighted by molar-refractivity contribution is 7.80. The molecular formula is C14H21N5OS. The number of hydrogen-bond acceptors (Lipinski definition) is 5. The number of piperidine rings is 1. The molecule has 1 aromatic rings. The van der Waals surface area contributed by atoms with E-state index in [0.717, 1.165) is 38.2 Å². The summed E-state index contributed by atoms with van der Waals surface area (Å²) in [5.74, 6) is 1.24. The van der Waals surface area contributed by atoms with Crippen LogP contribution in [0.5, 0.6) is 0 Å². The van der Waals surface area contributed by atoms with Gasteiger partial charge < -0.3 is 16.0 Å². The molecule has 0 aromatic carbocycles. The molecule has 0 bridgehead atoms.